The Labute approximate surface area is 171 Å². The third-order valence-corrected chi connectivity index (χ3v) is 4.74. The number of allylic oxidation sites excluding steroid dienone is 1. The molecule has 0 saturated heterocycles. The highest BCUT2D eigenvalue weighted by atomic mass is 19.4. The number of alkyl halides is 14. The van der Waals surface area contributed by atoms with Crippen molar-refractivity contribution < 1.29 is 75.8 Å². The summed E-state index contributed by atoms with van der Waals surface area (Å²) in [4.78, 5) is 11.8. The van der Waals surface area contributed by atoms with E-state index in [0.717, 1.165) is 0 Å². The van der Waals surface area contributed by atoms with Crippen molar-refractivity contribution in [3.63, 3.8) is 0 Å². The fourth-order valence-electron chi connectivity index (χ4n) is 3.07. The van der Waals surface area contributed by atoms with Crippen LogP contribution in [0.5, 0.6) is 0 Å². The number of rotatable bonds is 3. The summed E-state index contributed by atoms with van der Waals surface area (Å²) in [7, 11) is 0. The van der Waals surface area contributed by atoms with Gasteiger partial charge in [0, 0.05) is 0 Å². The van der Waals surface area contributed by atoms with Crippen LogP contribution in [-0.4, -0.2) is 35.6 Å². The lowest BCUT2D eigenvalue weighted by Crippen LogP contribution is -2.64. The second-order valence-corrected chi connectivity index (χ2v) is 6.61. The Kier molecular flexibility index (Phi) is 5.60. The second-order valence-electron chi connectivity index (χ2n) is 6.61. The van der Waals surface area contributed by atoms with Gasteiger partial charge in [0.15, 0.2) is 5.78 Å². The van der Waals surface area contributed by atoms with E-state index in [9.17, 15) is 75.8 Å². The molecule has 33 heavy (non-hydrogen) atoms. The molecular formula is C16H4F15O2-. The third kappa shape index (κ3) is 3.09. The SMILES string of the molecule is O=C(/C=C(\[O-])c1ccc(F)c(C(F)(F)F)c1)C1(C(F)(F)F)C(F)(F)C(F)(F)C(F)(F)C1(F)F. The van der Waals surface area contributed by atoms with Gasteiger partial charge in [0.25, 0.3) is 5.41 Å². The van der Waals surface area contributed by atoms with Crippen LogP contribution in [-0.2, 0) is 11.0 Å². The predicted octanol–water partition coefficient (Wildman–Crippen LogP) is 5.22. The molecule has 0 bridgehead atoms. The standard InChI is InChI=1S/C16H5F15O2/c17-7-2-1-5(3-6(7)11(18,19)20)8(32)4-9(33)10(16(29,30)31)12(21,22)14(25,26)15(27,28)13(10,23)24/h1-4,32H/p-1/b8-4-. The summed E-state index contributed by atoms with van der Waals surface area (Å²) in [5.41, 5.74) is -11.1. The maximum absolute atomic E-state index is 13.9. The first-order valence-electron chi connectivity index (χ1n) is 7.81. The highest BCUT2D eigenvalue weighted by Gasteiger charge is 3.06. The van der Waals surface area contributed by atoms with E-state index in [1.165, 1.54) is 0 Å². The van der Waals surface area contributed by atoms with Crippen LogP contribution >= 0.6 is 0 Å². The Bertz CT molecular complexity index is 974. The molecule has 0 aliphatic heterocycles. The molecule has 0 amide bonds. The average Bonchev–Trinajstić information content (AvgIpc) is 2.64. The van der Waals surface area contributed by atoms with E-state index in [0.29, 0.717) is 0 Å². The van der Waals surface area contributed by atoms with Crippen LogP contribution in [0.25, 0.3) is 5.76 Å². The van der Waals surface area contributed by atoms with Crippen molar-refractivity contribution in [2.45, 2.75) is 36.0 Å². The van der Waals surface area contributed by atoms with E-state index < -0.39 is 82.1 Å². The van der Waals surface area contributed by atoms with E-state index >= 15 is 0 Å². The minimum absolute atomic E-state index is 0.0328. The summed E-state index contributed by atoms with van der Waals surface area (Å²) < 4.78 is 200. The van der Waals surface area contributed by atoms with Gasteiger partial charge in [-0.15, -0.1) is 0 Å². The Balaban J connectivity index is 2.82. The fraction of sp³-hybridized carbons (Fsp3) is 0.438. The normalized spacial score (nSPS) is 23.4. The zero-order valence-electron chi connectivity index (χ0n) is 14.8. The summed E-state index contributed by atoms with van der Waals surface area (Å²) in [5.74, 6) is -38.6. The van der Waals surface area contributed by atoms with E-state index in [1.807, 2.05) is 0 Å². The van der Waals surface area contributed by atoms with Crippen LogP contribution in [0.15, 0.2) is 24.3 Å². The lowest BCUT2D eigenvalue weighted by atomic mass is 9.74. The molecule has 0 radical (unpaired) electrons. The quantitative estimate of drug-likeness (QED) is 0.316. The molecule has 1 aliphatic carbocycles. The Morgan fingerprint density at radius 1 is 0.788 bits per heavy atom. The summed E-state index contributed by atoms with van der Waals surface area (Å²) in [6.07, 6.45) is -14.5. The molecule has 0 heterocycles. The van der Waals surface area contributed by atoms with Crippen molar-refractivity contribution in [3.05, 3.63) is 41.2 Å². The largest absolute Gasteiger partial charge is 0.872 e. The zero-order chi connectivity index (χ0) is 26.2. The van der Waals surface area contributed by atoms with Crippen molar-refractivity contribution in [2.75, 3.05) is 0 Å². The highest BCUT2D eigenvalue weighted by Crippen LogP contribution is 2.75. The molecule has 186 valence electrons. The Hall–Kier alpha value is -2.62. The second kappa shape index (κ2) is 6.94. The van der Waals surface area contributed by atoms with Gasteiger partial charge in [-0.3, -0.25) is 4.79 Å². The first kappa shape index (κ1) is 26.6. The molecule has 0 N–H and O–H groups in total. The molecule has 0 atom stereocenters. The van der Waals surface area contributed by atoms with Crippen molar-refractivity contribution >= 4 is 11.5 Å². The minimum atomic E-state index is -7.54. The summed E-state index contributed by atoms with van der Waals surface area (Å²) in [6, 6.07) is -0.587. The van der Waals surface area contributed by atoms with E-state index in [2.05, 4.69) is 0 Å². The zero-order valence-corrected chi connectivity index (χ0v) is 14.8. The summed E-state index contributed by atoms with van der Waals surface area (Å²) in [6.45, 7) is 0. The van der Waals surface area contributed by atoms with Crippen molar-refractivity contribution in [1.29, 1.82) is 0 Å². The Morgan fingerprint density at radius 2 is 1.21 bits per heavy atom. The van der Waals surface area contributed by atoms with Gasteiger partial charge in [-0.2, -0.15) is 61.5 Å². The minimum Gasteiger partial charge on any atom is -0.872 e. The van der Waals surface area contributed by atoms with Gasteiger partial charge in [0.05, 0.1) is 5.56 Å². The number of carbonyl (C=O) groups excluding carboxylic acids is 1. The molecule has 1 aliphatic rings. The smallest absolute Gasteiger partial charge is 0.419 e. The molecule has 1 saturated carbocycles. The highest BCUT2D eigenvalue weighted by molar-refractivity contribution is 6.02. The van der Waals surface area contributed by atoms with Crippen LogP contribution in [0.3, 0.4) is 0 Å². The van der Waals surface area contributed by atoms with Gasteiger partial charge >= 0.3 is 36.0 Å². The van der Waals surface area contributed by atoms with Gasteiger partial charge in [0.1, 0.15) is 5.82 Å². The predicted molar refractivity (Wildman–Crippen MR) is 72.7 cm³/mol. The number of halogens is 15. The molecule has 2 nitrogen and oxygen atoms in total. The average molecular weight is 513 g/mol. The number of benzene rings is 1. The number of carbonyl (C=O) groups is 1. The van der Waals surface area contributed by atoms with Crippen molar-refractivity contribution in [2.24, 2.45) is 5.41 Å². The van der Waals surface area contributed by atoms with Crippen molar-refractivity contribution in [3.8, 4) is 0 Å². The van der Waals surface area contributed by atoms with E-state index in [-0.39, 0.29) is 12.1 Å². The topological polar surface area (TPSA) is 40.1 Å². The molecular weight excluding hydrogens is 509 g/mol. The van der Waals surface area contributed by atoms with Crippen LogP contribution in [0.1, 0.15) is 11.1 Å². The van der Waals surface area contributed by atoms with E-state index in [1.54, 1.807) is 0 Å². The van der Waals surface area contributed by atoms with Crippen LogP contribution in [0, 0.1) is 11.2 Å². The maximum Gasteiger partial charge on any atom is 0.419 e. The Morgan fingerprint density at radius 3 is 1.58 bits per heavy atom. The first-order chi connectivity index (χ1) is 14.4. The van der Waals surface area contributed by atoms with Gasteiger partial charge in [-0.1, -0.05) is 11.8 Å². The van der Waals surface area contributed by atoms with E-state index in [4.69, 9.17) is 0 Å². The molecule has 0 unspecified atom stereocenters. The van der Waals surface area contributed by atoms with Crippen LogP contribution in [0.2, 0.25) is 0 Å². The summed E-state index contributed by atoms with van der Waals surface area (Å²) >= 11 is 0. The third-order valence-electron chi connectivity index (χ3n) is 4.74. The van der Waals surface area contributed by atoms with Crippen LogP contribution < -0.4 is 5.11 Å². The van der Waals surface area contributed by atoms with Crippen molar-refractivity contribution in [1.82, 2.24) is 0 Å². The van der Waals surface area contributed by atoms with Gasteiger partial charge < -0.3 is 5.11 Å². The number of hydrogen-bond acceptors (Lipinski definition) is 2. The van der Waals surface area contributed by atoms with Gasteiger partial charge in [-0.05, 0) is 23.8 Å². The fourth-order valence-corrected chi connectivity index (χ4v) is 3.07. The maximum atomic E-state index is 13.9. The molecule has 1 aromatic rings. The molecule has 17 heteroatoms. The van der Waals surface area contributed by atoms with Crippen LogP contribution in [0.4, 0.5) is 65.9 Å². The lowest BCUT2D eigenvalue weighted by molar-refractivity contribution is -0.341. The van der Waals surface area contributed by atoms with Gasteiger partial charge in [-0.25, -0.2) is 4.39 Å². The molecule has 2 rings (SSSR count). The monoisotopic (exact) mass is 513 g/mol. The molecule has 1 aromatic carbocycles. The molecule has 0 aromatic heterocycles. The number of hydrogen-bond donors (Lipinski definition) is 0. The molecule has 1 fully saturated rings. The number of ketones is 1. The lowest BCUT2D eigenvalue weighted by Gasteiger charge is -2.37. The first-order valence-corrected chi connectivity index (χ1v) is 7.81. The summed E-state index contributed by atoms with van der Waals surface area (Å²) in [5, 5.41) is 11.8. The molecule has 0 spiro atoms. The van der Waals surface area contributed by atoms with Gasteiger partial charge in [0.2, 0.25) is 0 Å².